The fraction of sp³-hybridized carbons (Fsp3) is 1.00. The highest BCUT2D eigenvalue weighted by Gasteiger charge is 2.25. The van der Waals surface area contributed by atoms with Crippen molar-refractivity contribution < 1.29 is 0 Å². The number of hydrogen-bond donors (Lipinski definition) is 1. The van der Waals surface area contributed by atoms with Crippen LogP contribution in [0.4, 0.5) is 0 Å². The Labute approximate surface area is 88.1 Å². The van der Waals surface area contributed by atoms with Crippen LogP contribution in [0.2, 0.25) is 0 Å². The molecule has 0 spiro atoms. The average Bonchev–Trinajstić information content (AvgIpc) is 2.12. The molecule has 14 heavy (non-hydrogen) atoms. The van der Waals surface area contributed by atoms with Crippen LogP contribution in [0, 0.1) is 11.8 Å². The molecule has 2 aliphatic rings. The summed E-state index contributed by atoms with van der Waals surface area (Å²) < 4.78 is 0. The SMILES string of the molecule is CC1CCC(N(C)CC2CNC2)CC1. The minimum atomic E-state index is 0.881. The Morgan fingerprint density at radius 2 is 1.79 bits per heavy atom. The maximum absolute atomic E-state index is 3.35. The first-order chi connectivity index (χ1) is 6.75. The highest BCUT2D eigenvalue weighted by Crippen LogP contribution is 2.26. The summed E-state index contributed by atoms with van der Waals surface area (Å²) in [5, 5.41) is 3.35. The lowest BCUT2D eigenvalue weighted by Gasteiger charge is -2.38. The third kappa shape index (κ3) is 2.48. The van der Waals surface area contributed by atoms with E-state index in [2.05, 4.69) is 24.2 Å². The molecule has 0 aromatic heterocycles. The van der Waals surface area contributed by atoms with Gasteiger partial charge in [0, 0.05) is 25.7 Å². The van der Waals surface area contributed by atoms with Crippen LogP contribution in [0.3, 0.4) is 0 Å². The van der Waals surface area contributed by atoms with E-state index in [4.69, 9.17) is 0 Å². The summed E-state index contributed by atoms with van der Waals surface area (Å²) >= 11 is 0. The summed E-state index contributed by atoms with van der Waals surface area (Å²) in [6, 6.07) is 0.881. The minimum absolute atomic E-state index is 0.881. The lowest BCUT2D eigenvalue weighted by Crippen LogP contribution is -2.49. The molecular formula is C12H24N2. The van der Waals surface area contributed by atoms with Crippen LogP contribution < -0.4 is 5.32 Å². The Morgan fingerprint density at radius 3 is 2.29 bits per heavy atom. The molecule has 1 saturated carbocycles. The summed E-state index contributed by atoms with van der Waals surface area (Å²) in [5.41, 5.74) is 0. The number of nitrogens with zero attached hydrogens (tertiary/aromatic N) is 1. The molecule has 0 atom stereocenters. The van der Waals surface area contributed by atoms with Crippen molar-refractivity contribution in [3.8, 4) is 0 Å². The summed E-state index contributed by atoms with van der Waals surface area (Å²) in [6.45, 7) is 6.19. The number of rotatable bonds is 3. The number of nitrogens with one attached hydrogen (secondary N) is 1. The van der Waals surface area contributed by atoms with Gasteiger partial charge in [-0.25, -0.2) is 0 Å². The molecule has 1 aliphatic heterocycles. The molecule has 2 rings (SSSR count). The zero-order valence-electron chi connectivity index (χ0n) is 9.63. The molecule has 0 radical (unpaired) electrons. The van der Waals surface area contributed by atoms with Crippen LogP contribution in [0.5, 0.6) is 0 Å². The van der Waals surface area contributed by atoms with Crippen LogP contribution in [-0.4, -0.2) is 37.6 Å². The second-order valence-electron chi connectivity index (χ2n) is 5.38. The molecule has 2 nitrogen and oxygen atoms in total. The number of hydrogen-bond acceptors (Lipinski definition) is 2. The predicted octanol–water partition coefficient (Wildman–Crippen LogP) is 1.72. The van der Waals surface area contributed by atoms with E-state index in [1.807, 2.05) is 0 Å². The van der Waals surface area contributed by atoms with E-state index < -0.39 is 0 Å². The lowest BCUT2D eigenvalue weighted by atomic mass is 9.86. The largest absolute Gasteiger partial charge is 0.316 e. The van der Waals surface area contributed by atoms with Gasteiger partial charge < -0.3 is 10.2 Å². The molecule has 2 fully saturated rings. The first kappa shape index (κ1) is 10.4. The smallest absolute Gasteiger partial charge is 0.00925 e. The van der Waals surface area contributed by atoms with Crippen molar-refractivity contribution in [3.63, 3.8) is 0 Å². The van der Waals surface area contributed by atoms with Crippen LogP contribution in [0.15, 0.2) is 0 Å². The Kier molecular flexibility index (Phi) is 3.45. The lowest BCUT2D eigenvalue weighted by molar-refractivity contribution is 0.132. The van der Waals surface area contributed by atoms with Crippen LogP contribution in [-0.2, 0) is 0 Å². The summed E-state index contributed by atoms with van der Waals surface area (Å²) in [5.74, 6) is 1.91. The topological polar surface area (TPSA) is 15.3 Å². The van der Waals surface area contributed by atoms with E-state index >= 15 is 0 Å². The van der Waals surface area contributed by atoms with Gasteiger partial charge in [0.1, 0.15) is 0 Å². The average molecular weight is 196 g/mol. The molecule has 2 heteroatoms. The van der Waals surface area contributed by atoms with Gasteiger partial charge in [0.15, 0.2) is 0 Å². The van der Waals surface area contributed by atoms with Crippen molar-refractivity contribution >= 4 is 0 Å². The van der Waals surface area contributed by atoms with Gasteiger partial charge in [0.05, 0.1) is 0 Å². The van der Waals surface area contributed by atoms with Gasteiger partial charge in [-0.15, -0.1) is 0 Å². The molecule has 0 amide bonds. The normalized spacial score (nSPS) is 34.5. The second-order valence-corrected chi connectivity index (χ2v) is 5.38. The van der Waals surface area contributed by atoms with Gasteiger partial charge in [-0.2, -0.15) is 0 Å². The van der Waals surface area contributed by atoms with Gasteiger partial charge in [-0.1, -0.05) is 6.92 Å². The van der Waals surface area contributed by atoms with E-state index in [-0.39, 0.29) is 0 Å². The minimum Gasteiger partial charge on any atom is -0.316 e. The highest BCUT2D eigenvalue weighted by molar-refractivity contribution is 4.82. The highest BCUT2D eigenvalue weighted by atomic mass is 15.1. The zero-order chi connectivity index (χ0) is 9.97. The van der Waals surface area contributed by atoms with Gasteiger partial charge in [0.2, 0.25) is 0 Å². The Morgan fingerprint density at radius 1 is 1.14 bits per heavy atom. The van der Waals surface area contributed by atoms with Crippen LogP contribution in [0.25, 0.3) is 0 Å². The van der Waals surface area contributed by atoms with E-state index in [0.29, 0.717) is 0 Å². The van der Waals surface area contributed by atoms with Crippen molar-refractivity contribution in [1.82, 2.24) is 10.2 Å². The molecule has 0 bridgehead atoms. The van der Waals surface area contributed by atoms with Gasteiger partial charge in [-0.05, 0) is 44.6 Å². The fourth-order valence-electron chi connectivity index (χ4n) is 2.72. The van der Waals surface area contributed by atoms with E-state index in [9.17, 15) is 0 Å². The molecule has 0 aromatic carbocycles. The molecule has 1 aliphatic carbocycles. The third-order valence-corrected chi connectivity index (χ3v) is 4.02. The van der Waals surface area contributed by atoms with Crippen molar-refractivity contribution in [2.45, 2.75) is 38.6 Å². The van der Waals surface area contributed by atoms with Crippen molar-refractivity contribution in [1.29, 1.82) is 0 Å². The maximum Gasteiger partial charge on any atom is 0.00925 e. The monoisotopic (exact) mass is 196 g/mol. The first-order valence-electron chi connectivity index (χ1n) is 6.16. The summed E-state index contributed by atoms with van der Waals surface area (Å²) in [7, 11) is 2.32. The second kappa shape index (κ2) is 4.63. The van der Waals surface area contributed by atoms with Crippen molar-refractivity contribution in [2.24, 2.45) is 11.8 Å². The third-order valence-electron chi connectivity index (χ3n) is 4.02. The van der Waals surface area contributed by atoms with Crippen LogP contribution in [0.1, 0.15) is 32.6 Å². The fourth-order valence-corrected chi connectivity index (χ4v) is 2.72. The Balaban J connectivity index is 1.71. The molecular weight excluding hydrogens is 172 g/mol. The predicted molar refractivity (Wildman–Crippen MR) is 60.4 cm³/mol. The standard InChI is InChI=1S/C12H24N2/c1-10-3-5-12(6-4-10)14(2)9-11-7-13-8-11/h10-13H,3-9H2,1-2H3. The van der Waals surface area contributed by atoms with Crippen LogP contribution >= 0.6 is 0 Å². The molecule has 1 heterocycles. The maximum atomic E-state index is 3.35. The molecule has 0 aromatic rings. The van der Waals surface area contributed by atoms with Crippen molar-refractivity contribution in [2.75, 3.05) is 26.7 Å². The van der Waals surface area contributed by atoms with E-state index in [0.717, 1.165) is 17.9 Å². The van der Waals surface area contributed by atoms with Gasteiger partial charge >= 0.3 is 0 Å². The summed E-state index contributed by atoms with van der Waals surface area (Å²) in [4.78, 5) is 2.61. The Hall–Kier alpha value is -0.0800. The van der Waals surface area contributed by atoms with E-state index in [1.165, 1.54) is 45.3 Å². The molecule has 0 unspecified atom stereocenters. The first-order valence-corrected chi connectivity index (χ1v) is 6.16. The van der Waals surface area contributed by atoms with Gasteiger partial charge in [0.25, 0.3) is 0 Å². The molecule has 1 N–H and O–H groups in total. The molecule has 1 saturated heterocycles. The summed E-state index contributed by atoms with van der Waals surface area (Å²) in [6.07, 6.45) is 5.74. The van der Waals surface area contributed by atoms with Gasteiger partial charge in [-0.3, -0.25) is 0 Å². The molecule has 82 valence electrons. The quantitative estimate of drug-likeness (QED) is 0.739. The Bertz CT molecular complexity index is 169. The van der Waals surface area contributed by atoms with E-state index in [1.54, 1.807) is 0 Å². The van der Waals surface area contributed by atoms with Crippen molar-refractivity contribution in [3.05, 3.63) is 0 Å². The zero-order valence-corrected chi connectivity index (χ0v) is 9.63.